The summed E-state index contributed by atoms with van der Waals surface area (Å²) in [6, 6.07) is 7.39. The van der Waals surface area contributed by atoms with Crippen molar-refractivity contribution >= 4 is 28.3 Å². The number of aromatic nitrogens is 1. The van der Waals surface area contributed by atoms with Crippen LogP contribution in [0.3, 0.4) is 0 Å². The number of likely N-dealkylation sites (tertiary alicyclic amines) is 1. The van der Waals surface area contributed by atoms with Crippen LogP contribution in [0.5, 0.6) is 0 Å². The largest absolute Gasteiger partial charge is 0.338 e. The summed E-state index contributed by atoms with van der Waals surface area (Å²) in [6.45, 7) is 3.25. The van der Waals surface area contributed by atoms with Gasteiger partial charge < -0.3 is 4.90 Å². The lowest BCUT2D eigenvalue weighted by molar-refractivity contribution is -0.128. The van der Waals surface area contributed by atoms with Gasteiger partial charge in [0.25, 0.3) is 5.91 Å². The molecular formula is C16H17N3O2S. The van der Waals surface area contributed by atoms with Gasteiger partial charge >= 0.3 is 0 Å². The Balaban J connectivity index is 1.70. The highest BCUT2D eigenvalue weighted by molar-refractivity contribution is 7.13. The predicted molar refractivity (Wildman–Crippen MR) is 85.9 cm³/mol. The summed E-state index contributed by atoms with van der Waals surface area (Å²) in [6.07, 6.45) is 1.55. The Morgan fingerprint density at radius 3 is 3.00 bits per heavy atom. The molecule has 1 aliphatic heterocycles. The van der Waals surface area contributed by atoms with Crippen molar-refractivity contribution in [3.8, 4) is 0 Å². The first-order valence-corrected chi connectivity index (χ1v) is 8.10. The van der Waals surface area contributed by atoms with Gasteiger partial charge in [0.05, 0.1) is 5.69 Å². The third-order valence-corrected chi connectivity index (χ3v) is 4.45. The fraction of sp³-hybridized carbons (Fsp3) is 0.312. The van der Waals surface area contributed by atoms with Crippen molar-refractivity contribution in [2.75, 3.05) is 11.9 Å². The fourth-order valence-corrected chi connectivity index (χ4v) is 3.17. The number of anilines is 1. The molecule has 22 heavy (non-hydrogen) atoms. The van der Waals surface area contributed by atoms with E-state index >= 15 is 0 Å². The SMILES string of the molecule is Cc1csc(NC(=O)c2cccc(CN3CCCC3=O)c2)n1. The summed E-state index contributed by atoms with van der Waals surface area (Å²) in [5.41, 5.74) is 2.44. The lowest BCUT2D eigenvalue weighted by atomic mass is 10.1. The first-order valence-electron chi connectivity index (χ1n) is 7.22. The Kier molecular flexibility index (Phi) is 4.20. The maximum Gasteiger partial charge on any atom is 0.257 e. The van der Waals surface area contributed by atoms with Crippen LogP contribution in [0.1, 0.15) is 34.5 Å². The number of amides is 2. The van der Waals surface area contributed by atoms with E-state index in [1.807, 2.05) is 35.4 Å². The van der Waals surface area contributed by atoms with Gasteiger partial charge in [-0.25, -0.2) is 4.98 Å². The van der Waals surface area contributed by atoms with E-state index in [4.69, 9.17) is 0 Å². The van der Waals surface area contributed by atoms with Crippen molar-refractivity contribution in [3.05, 3.63) is 46.5 Å². The minimum absolute atomic E-state index is 0.177. The number of carbonyl (C=O) groups excluding carboxylic acids is 2. The van der Waals surface area contributed by atoms with E-state index in [1.165, 1.54) is 11.3 Å². The van der Waals surface area contributed by atoms with Crippen LogP contribution in [0.25, 0.3) is 0 Å². The van der Waals surface area contributed by atoms with E-state index in [1.54, 1.807) is 6.07 Å². The summed E-state index contributed by atoms with van der Waals surface area (Å²) in [7, 11) is 0. The summed E-state index contributed by atoms with van der Waals surface area (Å²) in [5.74, 6) is 0.0112. The molecule has 0 aliphatic carbocycles. The number of carbonyl (C=O) groups is 2. The molecule has 1 aliphatic rings. The summed E-state index contributed by atoms with van der Waals surface area (Å²) in [4.78, 5) is 30.0. The maximum atomic E-state index is 12.3. The topological polar surface area (TPSA) is 62.3 Å². The molecule has 0 atom stereocenters. The third-order valence-electron chi connectivity index (χ3n) is 3.57. The quantitative estimate of drug-likeness (QED) is 0.943. The highest BCUT2D eigenvalue weighted by Gasteiger charge is 2.20. The van der Waals surface area contributed by atoms with E-state index in [0.717, 1.165) is 24.2 Å². The number of nitrogens with one attached hydrogen (secondary N) is 1. The Hall–Kier alpha value is -2.21. The first-order chi connectivity index (χ1) is 10.6. The minimum atomic E-state index is -0.177. The molecule has 114 valence electrons. The third kappa shape index (κ3) is 3.33. The van der Waals surface area contributed by atoms with Crippen molar-refractivity contribution in [2.24, 2.45) is 0 Å². The molecule has 1 saturated heterocycles. The van der Waals surface area contributed by atoms with E-state index in [2.05, 4.69) is 10.3 Å². The van der Waals surface area contributed by atoms with Gasteiger partial charge in [0, 0.05) is 30.5 Å². The van der Waals surface area contributed by atoms with E-state index in [9.17, 15) is 9.59 Å². The van der Waals surface area contributed by atoms with Crippen LogP contribution < -0.4 is 5.32 Å². The van der Waals surface area contributed by atoms with Gasteiger partial charge in [-0.05, 0) is 31.0 Å². The van der Waals surface area contributed by atoms with Crippen LogP contribution in [0.15, 0.2) is 29.6 Å². The Morgan fingerprint density at radius 1 is 1.45 bits per heavy atom. The Morgan fingerprint density at radius 2 is 2.32 bits per heavy atom. The van der Waals surface area contributed by atoms with Crippen LogP contribution in [0, 0.1) is 6.92 Å². The standard InChI is InChI=1S/C16H17N3O2S/c1-11-10-22-16(17-11)18-15(21)13-5-2-4-12(8-13)9-19-7-3-6-14(19)20/h2,4-5,8,10H,3,6-7,9H2,1H3,(H,17,18,21). The molecule has 0 spiro atoms. The van der Waals surface area contributed by atoms with Gasteiger partial charge in [-0.15, -0.1) is 11.3 Å². The zero-order chi connectivity index (χ0) is 15.5. The fourth-order valence-electron chi connectivity index (χ4n) is 2.48. The first kappa shape index (κ1) is 14.7. The molecule has 0 saturated carbocycles. The van der Waals surface area contributed by atoms with Gasteiger partial charge in [-0.3, -0.25) is 14.9 Å². The molecule has 2 aromatic rings. The average molecular weight is 315 g/mol. The average Bonchev–Trinajstić information content (AvgIpc) is 3.08. The van der Waals surface area contributed by atoms with Gasteiger partial charge in [0.1, 0.15) is 0 Å². The van der Waals surface area contributed by atoms with Crippen molar-refractivity contribution < 1.29 is 9.59 Å². The van der Waals surface area contributed by atoms with Crippen LogP contribution in [-0.4, -0.2) is 28.2 Å². The molecule has 5 nitrogen and oxygen atoms in total. The monoisotopic (exact) mass is 315 g/mol. The van der Waals surface area contributed by atoms with E-state index in [-0.39, 0.29) is 11.8 Å². The van der Waals surface area contributed by atoms with E-state index < -0.39 is 0 Å². The molecule has 0 bridgehead atoms. The highest BCUT2D eigenvalue weighted by atomic mass is 32.1. The molecule has 2 heterocycles. The lowest BCUT2D eigenvalue weighted by Crippen LogP contribution is -2.24. The number of hydrogen-bond donors (Lipinski definition) is 1. The number of nitrogens with zero attached hydrogens (tertiary/aromatic N) is 2. The number of rotatable bonds is 4. The van der Waals surface area contributed by atoms with Crippen LogP contribution in [0.2, 0.25) is 0 Å². The van der Waals surface area contributed by atoms with Crippen LogP contribution in [-0.2, 0) is 11.3 Å². The molecule has 0 radical (unpaired) electrons. The van der Waals surface area contributed by atoms with Crippen molar-refractivity contribution in [3.63, 3.8) is 0 Å². The summed E-state index contributed by atoms with van der Waals surface area (Å²) >= 11 is 1.41. The molecule has 6 heteroatoms. The lowest BCUT2D eigenvalue weighted by Gasteiger charge is -2.15. The second-order valence-corrected chi connectivity index (χ2v) is 6.23. The number of hydrogen-bond acceptors (Lipinski definition) is 4. The zero-order valence-corrected chi connectivity index (χ0v) is 13.2. The molecule has 1 fully saturated rings. The Bertz CT molecular complexity index is 711. The normalized spacial score (nSPS) is 14.4. The van der Waals surface area contributed by atoms with Crippen molar-refractivity contribution in [1.82, 2.24) is 9.88 Å². The van der Waals surface area contributed by atoms with Crippen LogP contribution >= 0.6 is 11.3 Å². The number of benzene rings is 1. The summed E-state index contributed by atoms with van der Waals surface area (Å²) < 4.78 is 0. The van der Waals surface area contributed by atoms with Crippen molar-refractivity contribution in [2.45, 2.75) is 26.3 Å². The second kappa shape index (κ2) is 6.27. The van der Waals surface area contributed by atoms with Gasteiger partial charge in [0.2, 0.25) is 5.91 Å². The zero-order valence-electron chi connectivity index (χ0n) is 12.3. The molecule has 0 unspecified atom stereocenters. The molecule has 1 N–H and O–H groups in total. The van der Waals surface area contributed by atoms with Gasteiger partial charge in [-0.1, -0.05) is 12.1 Å². The predicted octanol–water partition coefficient (Wildman–Crippen LogP) is 2.83. The van der Waals surface area contributed by atoms with E-state index in [0.29, 0.717) is 23.7 Å². The summed E-state index contributed by atoms with van der Waals surface area (Å²) in [5, 5.41) is 5.29. The number of thiazole rings is 1. The van der Waals surface area contributed by atoms with Gasteiger partial charge in [0.15, 0.2) is 5.13 Å². The molecule has 1 aromatic carbocycles. The molecule has 1 aromatic heterocycles. The smallest absolute Gasteiger partial charge is 0.257 e. The number of aryl methyl sites for hydroxylation is 1. The highest BCUT2D eigenvalue weighted by Crippen LogP contribution is 2.18. The molecule has 2 amide bonds. The van der Waals surface area contributed by atoms with Gasteiger partial charge in [-0.2, -0.15) is 0 Å². The Labute approximate surface area is 133 Å². The molecular weight excluding hydrogens is 298 g/mol. The second-order valence-electron chi connectivity index (χ2n) is 5.37. The maximum absolute atomic E-state index is 12.3. The minimum Gasteiger partial charge on any atom is -0.338 e. The molecule has 3 rings (SSSR count). The van der Waals surface area contributed by atoms with Crippen molar-refractivity contribution in [1.29, 1.82) is 0 Å². The van der Waals surface area contributed by atoms with Crippen LogP contribution in [0.4, 0.5) is 5.13 Å².